The monoisotopic (exact) mass is 125 g/mol. The minimum absolute atomic E-state index is 0.699. The summed E-state index contributed by atoms with van der Waals surface area (Å²) in [6, 6.07) is 0. The third kappa shape index (κ3) is 1.80. The van der Waals surface area contributed by atoms with Crippen LogP contribution in [-0.2, 0) is 4.74 Å². The first kappa shape index (κ1) is 6.20. The maximum Gasteiger partial charge on any atom is 0.160 e. The van der Waals surface area contributed by atoms with Crippen molar-refractivity contribution in [1.29, 1.82) is 0 Å². The normalized spacial score (nSPS) is 17.2. The fourth-order valence-corrected chi connectivity index (χ4v) is 0.665. The number of allylic oxidation sites excluding steroid dienone is 1. The second-order valence-corrected chi connectivity index (χ2v) is 1.92. The fraction of sp³-hybridized carbons (Fsp3) is 0.429. The molecule has 0 aromatic rings. The second-order valence-electron chi connectivity index (χ2n) is 1.92. The van der Waals surface area contributed by atoms with Gasteiger partial charge in [0.05, 0.1) is 0 Å². The van der Waals surface area contributed by atoms with Crippen molar-refractivity contribution >= 4 is 0 Å². The van der Waals surface area contributed by atoms with Gasteiger partial charge in [0.25, 0.3) is 0 Å². The quantitative estimate of drug-likeness (QED) is 0.516. The summed E-state index contributed by atoms with van der Waals surface area (Å²) < 4.78 is 4.97. The molecule has 0 atom stereocenters. The van der Waals surface area contributed by atoms with Gasteiger partial charge < -0.3 is 9.64 Å². The van der Waals surface area contributed by atoms with E-state index in [1.807, 2.05) is 19.2 Å². The topological polar surface area (TPSA) is 12.5 Å². The average Bonchev–Trinajstić information content (AvgIpc) is 2.34. The van der Waals surface area contributed by atoms with Gasteiger partial charge in [0.2, 0.25) is 0 Å². The molecule has 0 aromatic carbocycles. The van der Waals surface area contributed by atoms with Crippen molar-refractivity contribution in [3.05, 3.63) is 24.6 Å². The first-order valence-electron chi connectivity index (χ1n) is 3.07. The Bertz CT molecular complexity index is 129. The molecule has 0 spiro atoms. The van der Waals surface area contributed by atoms with E-state index in [-0.39, 0.29) is 0 Å². The summed E-state index contributed by atoms with van der Waals surface area (Å²) in [5.41, 5.74) is 0. The van der Waals surface area contributed by atoms with Gasteiger partial charge in [-0.3, -0.25) is 0 Å². The second kappa shape index (κ2) is 3.17. The van der Waals surface area contributed by atoms with Crippen LogP contribution in [0.3, 0.4) is 0 Å². The molecule has 0 N–H and O–H groups in total. The molecule has 2 nitrogen and oxygen atoms in total. The lowest BCUT2D eigenvalue weighted by Crippen LogP contribution is -2.14. The number of rotatable bonds is 2. The highest BCUT2D eigenvalue weighted by Gasteiger charge is 1.99. The molecule has 0 fully saturated rings. The zero-order valence-corrected chi connectivity index (χ0v) is 5.58. The van der Waals surface area contributed by atoms with Crippen LogP contribution in [0.15, 0.2) is 24.6 Å². The van der Waals surface area contributed by atoms with Crippen LogP contribution >= 0.6 is 0 Å². The summed E-state index contributed by atoms with van der Waals surface area (Å²) in [7, 11) is 0. The van der Waals surface area contributed by atoms with Gasteiger partial charge in [0.1, 0.15) is 6.26 Å². The Morgan fingerprint density at radius 1 is 1.78 bits per heavy atom. The molecule has 1 aliphatic rings. The summed E-state index contributed by atoms with van der Waals surface area (Å²) in [5, 5.41) is 0. The van der Waals surface area contributed by atoms with Crippen molar-refractivity contribution < 1.29 is 4.74 Å². The minimum atomic E-state index is 0.699. The number of hydrogen-bond donors (Lipinski definition) is 0. The molecule has 50 valence electrons. The first-order valence-corrected chi connectivity index (χ1v) is 3.07. The Morgan fingerprint density at radius 2 is 2.67 bits per heavy atom. The van der Waals surface area contributed by atoms with Crippen LogP contribution in [0, 0.1) is 0 Å². The van der Waals surface area contributed by atoms with Gasteiger partial charge >= 0.3 is 0 Å². The lowest BCUT2D eigenvalue weighted by Gasteiger charge is -2.08. The third-order valence-electron chi connectivity index (χ3n) is 1.18. The maximum atomic E-state index is 4.97. The number of nitrogens with zero attached hydrogens (tertiary/aromatic N) is 1. The third-order valence-corrected chi connectivity index (χ3v) is 1.18. The maximum absolute atomic E-state index is 4.97. The van der Waals surface area contributed by atoms with Gasteiger partial charge in [-0.1, -0.05) is 12.2 Å². The lowest BCUT2D eigenvalue weighted by molar-refractivity contribution is 0.181. The lowest BCUT2D eigenvalue weighted by atomic mass is 10.5. The summed E-state index contributed by atoms with van der Waals surface area (Å²) in [6.45, 7) is 3.66. The predicted molar refractivity (Wildman–Crippen MR) is 36.6 cm³/mol. The molecule has 0 radical (unpaired) electrons. The Balaban J connectivity index is 2.20. The molecule has 2 heteroatoms. The average molecular weight is 125 g/mol. The standard InChI is InChI=1S/C7H11NO/c1-2-3-4-8-5-6-9-7-8/h2-3,5-6H,4,7H2,1H3. The minimum Gasteiger partial charge on any atom is -0.479 e. The summed E-state index contributed by atoms with van der Waals surface area (Å²) in [6.07, 6.45) is 7.79. The van der Waals surface area contributed by atoms with Crippen molar-refractivity contribution in [2.75, 3.05) is 13.3 Å². The first-order chi connectivity index (χ1) is 4.43. The highest BCUT2D eigenvalue weighted by molar-refractivity contribution is 4.87. The van der Waals surface area contributed by atoms with E-state index in [2.05, 4.69) is 11.0 Å². The van der Waals surface area contributed by atoms with Crippen LogP contribution in [0.4, 0.5) is 0 Å². The van der Waals surface area contributed by atoms with E-state index in [1.54, 1.807) is 6.26 Å². The molecule has 1 aliphatic heterocycles. The molecule has 1 heterocycles. The largest absolute Gasteiger partial charge is 0.479 e. The highest BCUT2D eigenvalue weighted by Crippen LogP contribution is 1.99. The molecule has 1 rings (SSSR count). The van der Waals surface area contributed by atoms with Gasteiger partial charge in [-0.25, -0.2) is 0 Å². The predicted octanol–water partition coefficient (Wildman–Crippen LogP) is 1.32. The van der Waals surface area contributed by atoms with Crippen molar-refractivity contribution in [3.63, 3.8) is 0 Å². The van der Waals surface area contributed by atoms with Crippen molar-refractivity contribution in [3.8, 4) is 0 Å². The van der Waals surface area contributed by atoms with E-state index in [4.69, 9.17) is 4.74 Å². The Morgan fingerprint density at radius 3 is 3.22 bits per heavy atom. The number of ether oxygens (including phenoxy) is 1. The van der Waals surface area contributed by atoms with E-state index in [9.17, 15) is 0 Å². The molecule has 0 amide bonds. The van der Waals surface area contributed by atoms with Crippen LogP contribution in [0.5, 0.6) is 0 Å². The van der Waals surface area contributed by atoms with Crippen molar-refractivity contribution in [2.24, 2.45) is 0 Å². The molecular formula is C7H11NO. The van der Waals surface area contributed by atoms with Crippen LogP contribution in [0.25, 0.3) is 0 Å². The molecule has 0 unspecified atom stereocenters. The number of hydrogen-bond acceptors (Lipinski definition) is 2. The van der Waals surface area contributed by atoms with Gasteiger partial charge in [0, 0.05) is 12.7 Å². The van der Waals surface area contributed by atoms with Crippen LogP contribution in [0.1, 0.15) is 6.92 Å². The van der Waals surface area contributed by atoms with Gasteiger partial charge in [-0.15, -0.1) is 0 Å². The zero-order valence-electron chi connectivity index (χ0n) is 5.58. The summed E-state index contributed by atoms with van der Waals surface area (Å²) in [5.74, 6) is 0. The van der Waals surface area contributed by atoms with E-state index in [1.165, 1.54) is 0 Å². The Kier molecular flexibility index (Phi) is 2.19. The molecule has 0 aromatic heterocycles. The van der Waals surface area contributed by atoms with Crippen LogP contribution in [0.2, 0.25) is 0 Å². The Hall–Kier alpha value is -0.920. The van der Waals surface area contributed by atoms with Gasteiger partial charge in [0.15, 0.2) is 6.73 Å². The van der Waals surface area contributed by atoms with Gasteiger partial charge in [-0.2, -0.15) is 0 Å². The van der Waals surface area contributed by atoms with E-state index in [0.717, 1.165) is 6.54 Å². The molecule has 9 heavy (non-hydrogen) atoms. The smallest absolute Gasteiger partial charge is 0.160 e. The van der Waals surface area contributed by atoms with E-state index >= 15 is 0 Å². The van der Waals surface area contributed by atoms with Crippen LogP contribution in [-0.4, -0.2) is 18.2 Å². The molecule has 0 aliphatic carbocycles. The fourth-order valence-electron chi connectivity index (χ4n) is 0.665. The Labute approximate surface area is 55.4 Å². The van der Waals surface area contributed by atoms with Crippen molar-refractivity contribution in [2.45, 2.75) is 6.92 Å². The zero-order chi connectivity index (χ0) is 6.53. The summed E-state index contributed by atoms with van der Waals surface area (Å²) in [4.78, 5) is 2.08. The molecular weight excluding hydrogens is 114 g/mol. The van der Waals surface area contributed by atoms with Crippen LogP contribution < -0.4 is 0 Å². The van der Waals surface area contributed by atoms with Gasteiger partial charge in [-0.05, 0) is 6.92 Å². The van der Waals surface area contributed by atoms with E-state index < -0.39 is 0 Å². The van der Waals surface area contributed by atoms with E-state index in [0.29, 0.717) is 6.73 Å². The SMILES string of the molecule is CC=CCN1C=COC1. The summed E-state index contributed by atoms with van der Waals surface area (Å²) >= 11 is 0. The molecule has 0 bridgehead atoms. The molecule has 0 saturated carbocycles. The molecule has 0 saturated heterocycles. The van der Waals surface area contributed by atoms with Crippen molar-refractivity contribution in [1.82, 2.24) is 4.90 Å². The highest BCUT2D eigenvalue weighted by atomic mass is 16.5.